The summed E-state index contributed by atoms with van der Waals surface area (Å²) in [4.78, 5) is 24.1. The molecule has 0 radical (unpaired) electrons. The fraction of sp³-hybridized carbons (Fsp3) is 0.333. The smallest absolute Gasteiger partial charge is 0.338 e. The third-order valence-electron chi connectivity index (χ3n) is 2.28. The Morgan fingerprint density at radius 3 is 2.61 bits per heavy atom. The Hall–Kier alpha value is -2.11. The maximum absolute atomic E-state index is 13.1. The second-order valence-electron chi connectivity index (χ2n) is 3.91. The number of benzene rings is 1. The zero-order valence-electron chi connectivity index (χ0n) is 10.3. The minimum atomic E-state index is -0.680. The average molecular weight is 254 g/mol. The van der Waals surface area contributed by atoms with Gasteiger partial charge in [-0.2, -0.15) is 0 Å². The van der Waals surface area contributed by atoms with Gasteiger partial charge in [-0.25, -0.2) is 9.18 Å². The largest absolute Gasteiger partial charge is 0.462 e. The molecule has 0 aromatic heterocycles. The zero-order valence-corrected chi connectivity index (χ0v) is 10.3. The lowest BCUT2D eigenvalue weighted by Crippen LogP contribution is -2.23. The van der Waals surface area contributed by atoms with Crippen molar-refractivity contribution in [1.82, 2.24) is 4.90 Å². The molecule has 1 aromatic rings. The molecular weight excluding hydrogens is 239 g/mol. The summed E-state index contributed by atoms with van der Waals surface area (Å²) in [5, 5.41) is 0. The molecule has 18 heavy (non-hydrogen) atoms. The van der Waals surface area contributed by atoms with E-state index in [1.54, 1.807) is 14.1 Å². The normalized spacial score (nSPS) is 9.94. The predicted octanol–water partition coefficient (Wildman–Crippen LogP) is 1.04. The minimum Gasteiger partial charge on any atom is -0.462 e. The van der Waals surface area contributed by atoms with Gasteiger partial charge in [0.25, 0.3) is 0 Å². The first-order chi connectivity index (χ1) is 8.41. The van der Waals surface area contributed by atoms with Crippen LogP contribution in [0.5, 0.6) is 0 Å². The molecule has 0 bridgehead atoms. The molecule has 0 spiro atoms. The van der Waals surface area contributed by atoms with E-state index in [1.165, 1.54) is 17.0 Å². The highest BCUT2D eigenvalue weighted by atomic mass is 19.1. The van der Waals surface area contributed by atoms with Crippen molar-refractivity contribution in [2.24, 2.45) is 0 Å². The first-order valence-corrected chi connectivity index (χ1v) is 5.34. The summed E-state index contributed by atoms with van der Waals surface area (Å²) in [5.74, 6) is -1.50. The van der Waals surface area contributed by atoms with Gasteiger partial charge in [-0.1, -0.05) is 0 Å². The summed E-state index contributed by atoms with van der Waals surface area (Å²) in [6.07, 6.45) is 0.0934. The number of carbonyl (C=O) groups is 2. The van der Waals surface area contributed by atoms with E-state index < -0.39 is 11.8 Å². The number of hydrogen-bond donors (Lipinski definition) is 1. The Balaban J connectivity index is 2.50. The lowest BCUT2D eigenvalue weighted by molar-refractivity contribution is -0.129. The topological polar surface area (TPSA) is 72.6 Å². The molecule has 0 heterocycles. The lowest BCUT2D eigenvalue weighted by Gasteiger charge is -2.10. The van der Waals surface area contributed by atoms with Gasteiger partial charge in [0.2, 0.25) is 5.91 Å². The van der Waals surface area contributed by atoms with E-state index >= 15 is 0 Å². The van der Waals surface area contributed by atoms with Crippen LogP contribution in [0.4, 0.5) is 10.1 Å². The van der Waals surface area contributed by atoms with Gasteiger partial charge in [0.15, 0.2) is 0 Å². The van der Waals surface area contributed by atoms with Crippen LogP contribution in [0.15, 0.2) is 18.2 Å². The molecule has 0 aliphatic carbocycles. The van der Waals surface area contributed by atoms with Crippen molar-refractivity contribution < 1.29 is 18.7 Å². The highest BCUT2D eigenvalue weighted by Gasteiger charge is 2.11. The SMILES string of the molecule is CN(C)C(=O)CCOC(=O)c1ccc(N)c(F)c1. The van der Waals surface area contributed by atoms with Crippen LogP contribution in [-0.2, 0) is 9.53 Å². The monoisotopic (exact) mass is 254 g/mol. The van der Waals surface area contributed by atoms with Crippen molar-refractivity contribution in [3.05, 3.63) is 29.6 Å². The van der Waals surface area contributed by atoms with Crippen LogP contribution in [0, 0.1) is 5.82 Å². The zero-order chi connectivity index (χ0) is 13.7. The van der Waals surface area contributed by atoms with Crippen LogP contribution in [-0.4, -0.2) is 37.5 Å². The van der Waals surface area contributed by atoms with Gasteiger partial charge in [-0.15, -0.1) is 0 Å². The number of ether oxygens (including phenoxy) is 1. The number of nitrogens with two attached hydrogens (primary N) is 1. The maximum Gasteiger partial charge on any atom is 0.338 e. The van der Waals surface area contributed by atoms with E-state index in [9.17, 15) is 14.0 Å². The van der Waals surface area contributed by atoms with Crippen LogP contribution < -0.4 is 5.73 Å². The fourth-order valence-corrected chi connectivity index (χ4v) is 1.19. The third-order valence-corrected chi connectivity index (χ3v) is 2.28. The van der Waals surface area contributed by atoms with E-state index in [1.807, 2.05) is 0 Å². The number of esters is 1. The summed E-state index contributed by atoms with van der Waals surface area (Å²) in [6, 6.07) is 3.66. The standard InChI is InChI=1S/C12H15FN2O3/c1-15(2)11(16)5-6-18-12(17)8-3-4-10(14)9(13)7-8/h3-4,7H,5-6,14H2,1-2H3. The van der Waals surface area contributed by atoms with Crippen LogP contribution in [0.3, 0.4) is 0 Å². The van der Waals surface area contributed by atoms with Crippen LogP contribution >= 0.6 is 0 Å². The van der Waals surface area contributed by atoms with Gasteiger partial charge in [0, 0.05) is 14.1 Å². The number of nitrogen functional groups attached to an aromatic ring is 1. The quantitative estimate of drug-likeness (QED) is 0.643. The van der Waals surface area contributed by atoms with Crippen molar-refractivity contribution >= 4 is 17.6 Å². The summed E-state index contributed by atoms with van der Waals surface area (Å²) in [6.45, 7) is -0.0398. The van der Waals surface area contributed by atoms with E-state index in [0.717, 1.165) is 6.07 Å². The molecular formula is C12H15FN2O3. The van der Waals surface area contributed by atoms with Crippen LogP contribution in [0.25, 0.3) is 0 Å². The molecule has 5 nitrogen and oxygen atoms in total. The highest BCUT2D eigenvalue weighted by molar-refractivity contribution is 5.90. The van der Waals surface area contributed by atoms with Crippen LogP contribution in [0.2, 0.25) is 0 Å². The summed E-state index contributed by atoms with van der Waals surface area (Å²) < 4.78 is 18.0. The molecule has 2 N–H and O–H groups in total. The van der Waals surface area contributed by atoms with Crippen LogP contribution in [0.1, 0.15) is 16.8 Å². The molecule has 0 saturated heterocycles. The maximum atomic E-state index is 13.1. The first kappa shape index (κ1) is 14.0. The van der Waals surface area contributed by atoms with E-state index in [0.29, 0.717) is 0 Å². The number of hydrogen-bond acceptors (Lipinski definition) is 4. The van der Waals surface area contributed by atoms with Gasteiger partial charge in [0.05, 0.1) is 17.7 Å². The molecule has 6 heteroatoms. The third kappa shape index (κ3) is 3.73. The van der Waals surface area contributed by atoms with E-state index in [2.05, 4.69) is 0 Å². The second-order valence-corrected chi connectivity index (χ2v) is 3.91. The first-order valence-electron chi connectivity index (χ1n) is 5.34. The van der Waals surface area contributed by atoms with Gasteiger partial charge in [-0.3, -0.25) is 4.79 Å². The van der Waals surface area contributed by atoms with Gasteiger partial charge < -0.3 is 15.4 Å². The molecule has 1 aromatic carbocycles. The molecule has 98 valence electrons. The Morgan fingerprint density at radius 2 is 2.06 bits per heavy atom. The van der Waals surface area contributed by atoms with Gasteiger partial charge in [-0.05, 0) is 18.2 Å². The summed E-state index contributed by atoms with van der Waals surface area (Å²) in [5.41, 5.74) is 5.32. The Morgan fingerprint density at radius 1 is 1.39 bits per heavy atom. The average Bonchev–Trinajstić information content (AvgIpc) is 2.32. The van der Waals surface area contributed by atoms with Crippen molar-refractivity contribution in [3.8, 4) is 0 Å². The van der Waals surface area contributed by atoms with Gasteiger partial charge >= 0.3 is 5.97 Å². The number of rotatable bonds is 4. The number of carbonyl (C=O) groups excluding carboxylic acids is 2. The Kier molecular flexibility index (Phi) is 4.65. The van der Waals surface area contributed by atoms with Crippen molar-refractivity contribution in [1.29, 1.82) is 0 Å². The molecule has 0 fully saturated rings. The molecule has 0 saturated carbocycles. The van der Waals surface area contributed by atoms with Gasteiger partial charge in [0.1, 0.15) is 12.4 Å². The molecule has 0 aliphatic rings. The number of nitrogens with zero attached hydrogens (tertiary/aromatic N) is 1. The number of halogens is 1. The summed E-state index contributed by atoms with van der Waals surface area (Å²) >= 11 is 0. The van der Waals surface area contributed by atoms with E-state index in [-0.39, 0.29) is 30.2 Å². The molecule has 1 amide bonds. The Bertz CT molecular complexity index is 461. The fourth-order valence-electron chi connectivity index (χ4n) is 1.19. The van der Waals surface area contributed by atoms with Crippen molar-refractivity contribution in [2.75, 3.05) is 26.4 Å². The molecule has 0 unspecified atom stereocenters. The number of anilines is 1. The second kappa shape index (κ2) is 6.00. The molecule has 0 aliphatic heterocycles. The summed E-state index contributed by atoms with van der Waals surface area (Å²) in [7, 11) is 3.22. The minimum absolute atomic E-state index is 0.0330. The van der Waals surface area contributed by atoms with E-state index in [4.69, 9.17) is 10.5 Å². The molecule has 1 rings (SSSR count). The lowest BCUT2D eigenvalue weighted by atomic mass is 10.2. The van der Waals surface area contributed by atoms with Crippen molar-refractivity contribution in [3.63, 3.8) is 0 Å². The van der Waals surface area contributed by atoms with Crippen molar-refractivity contribution in [2.45, 2.75) is 6.42 Å². The predicted molar refractivity (Wildman–Crippen MR) is 64.4 cm³/mol. The highest BCUT2D eigenvalue weighted by Crippen LogP contribution is 2.12. The number of amides is 1. The molecule has 0 atom stereocenters. The Labute approximate surface area is 104 Å².